The smallest absolute Gasteiger partial charge is 0.312 e. The average Bonchev–Trinajstić information content (AvgIpc) is 2.94. The van der Waals surface area contributed by atoms with Crippen LogP contribution in [0.2, 0.25) is 0 Å². The van der Waals surface area contributed by atoms with E-state index in [1.807, 2.05) is 0 Å². The molecule has 0 aliphatic heterocycles. The normalized spacial score (nSPS) is 11.4. The molecule has 3 rings (SSSR count). The van der Waals surface area contributed by atoms with Crippen LogP contribution in [0.1, 0.15) is 32.2 Å². The number of aryl methyl sites for hydroxylation is 1. The van der Waals surface area contributed by atoms with Crippen molar-refractivity contribution < 1.29 is 18.0 Å². The first kappa shape index (κ1) is 18.1. The van der Waals surface area contributed by atoms with Crippen molar-refractivity contribution in [2.75, 3.05) is 5.32 Å². The number of thiazole rings is 1. The lowest BCUT2D eigenvalue weighted by atomic mass is 10.1. The number of amides is 1. The lowest BCUT2D eigenvalue weighted by Gasteiger charge is -2.07. The number of aromatic nitrogens is 2. The number of pyridine rings is 1. The number of carbonyl (C=O) groups excluding carboxylic acids is 1. The molecule has 0 saturated carbocycles. The van der Waals surface area contributed by atoms with Crippen LogP contribution in [0.15, 0.2) is 48.8 Å². The summed E-state index contributed by atoms with van der Waals surface area (Å²) in [6.07, 6.45) is -1.07. The summed E-state index contributed by atoms with van der Waals surface area (Å²) in [5.41, 5.74) is 0.918. The largest absolute Gasteiger partial charge is 0.416 e. The van der Waals surface area contributed by atoms with E-state index in [-0.39, 0.29) is 12.3 Å². The third kappa shape index (κ3) is 4.26. The molecule has 26 heavy (non-hydrogen) atoms. The van der Waals surface area contributed by atoms with Crippen LogP contribution >= 0.6 is 11.3 Å². The monoisotopic (exact) mass is 377 g/mol. The van der Waals surface area contributed by atoms with Crippen molar-refractivity contribution in [1.82, 2.24) is 9.97 Å². The Kier molecular flexibility index (Phi) is 5.03. The number of alkyl halides is 3. The molecular formula is C18H14F3N3OS. The SMILES string of the molecule is Cc1nc(Cc2cccc(C(F)(F)F)c2)sc1NC(=O)c1ccncc1. The van der Waals surface area contributed by atoms with Gasteiger partial charge in [0.2, 0.25) is 0 Å². The van der Waals surface area contributed by atoms with Gasteiger partial charge in [-0.15, -0.1) is 11.3 Å². The fraction of sp³-hybridized carbons (Fsp3) is 0.167. The van der Waals surface area contributed by atoms with Crippen LogP contribution in [-0.4, -0.2) is 15.9 Å². The zero-order valence-corrected chi connectivity index (χ0v) is 14.5. The zero-order valence-electron chi connectivity index (χ0n) is 13.7. The first-order valence-corrected chi connectivity index (χ1v) is 8.48. The van der Waals surface area contributed by atoms with Gasteiger partial charge in [0, 0.05) is 24.4 Å². The molecule has 0 aliphatic carbocycles. The number of rotatable bonds is 4. The minimum absolute atomic E-state index is 0.264. The van der Waals surface area contributed by atoms with E-state index in [0.717, 1.165) is 12.1 Å². The van der Waals surface area contributed by atoms with Crippen LogP contribution in [0.25, 0.3) is 0 Å². The highest BCUT2D eigenvalue weighted by Gasteiger charge is 2.30. The molecule has 0 radical (unpaired) electrons. The van der Waals surface area contributed by atoms with E-state index in [9.17, 15) is 18.0 Å². The minimum Gasteiger partial charge on any atom is -0.312 e. The molecule has 3 aromatic rings. The van der Waals surface area contributed by atoms with Crippen molar-refractivity contribution in [2.45, 2.75) is 19.5 Å². The quantitative estimate of drug-likeness (QED) is 0.717. The minimum atomic E-state index is -4.38. The Balaban J connectivity index is 1.75. The van der Waals surface area contributed by atoms with Gasteiger partial charge in [-0.05, 0) is 30.7 Å². The summed E-state index contributed by atoms with van der Waals surface area (Å²) in [6, 6.07) is 8.35. The Morgan fingerprint density at radius 1 is 1.19 bits per heavy atom. The number of anilines is 1. The molecule has 0 bridgehead atoms. The van der Waals surface area contributed by atoms with Crippen molar-refractivity contribution in [3.63, 3.8) is 0 Å². The number of hydrogen-bond acceptors (Lipinski definition) is 4. The third-order valence-corrected chi connectivity index (χ3v) is 4.69. The van der Waals surface area contributed by atoms with Gasteiger partial charge in [0.15, 0.2) is 0 Å². The number of hydrogen-bond donors (Lipinski definition) is 1. The molecule has 2 aromatic heterocycles. The van der Waals surface area contributed by atoms with Crippen LogP contribution in [0.5, 0.6) is 0 Å². The Bertz CT molecular complexity index is 923. The maximum absolute atomic E-state index is 12.8. The van der Waals surface area contributed by atoms with Crippen molar-refractivity contribution in [3.05, 3.63) is 76.2 Å². The molecule has 8 heteroatoms. The number of nitrogens with zero attached hydrogens (tertiary/aromatic N) is 2. The molecular weight excluding hydrogens is 363 g/mol. The molecule has 2 heterocycles. The fourth-order valence-corrected chi connectivity index (χ4v) is 3.35. The summed E-state index contributed by atoms with van der Waals surface area (Å²) in [4.78, 5) is 20.4. The molecule has 0 fully saturated rings. The van der Waals surface area contributed by atoms with Gasteiger partial charge in [0.25, 0.3) is 5.91 Å². The van der Waals surface area contributed by atoms with Gasteiger partial charge in [-0.25, -0.2) is 4.98 Å². The molecule has 0 unspecified atom stereocenters. The average molecular weight is 377 g/mol. The second kappa shape index (κ2) is 7.25. The van der Waals surface area contributed by atoms with Crippen molar-refractivity contribution in [3.8, 4) is 0 Å². The summed E-state index contributed by atoms with van der Waals surface area (Å²) < 4.78 is 38.4. The van der Waals surface area contributed by atoms with Gasteiger partial charge in [-0.3, -0.25) is 9.78 Å². The fourth-order valence-electron chi connectivity index (χ4n) is 2.35. The first-order valence-electron chi connectivity index (χ1n) is 7.67. The van der Waals surface area contributed by atoms with Gasteiger partial charge in [-0.2, -0.15) is 13.2 Å². The highest BCUT2D eigenvalue weighted by atomic mass is 32.1. The molecule has 4 nitrogen and oxygen atoms in total. The van der Waals surface area contributed by atoms with Crippen molar-refractivity contribution in [2.24, 2.45) is 0 Å². The Hall–Kier alpha value is -2.74. The summed E-state index contributed by atoms with van der Waals surface area (Å²) in [7, 11) is 0. The van der Waals surface area contributed by atoms with Crippen molar-refractivity contribution >= 4 is 22.2 Å². The zero-order chi connectivity index (χ0) is 18.7. The first-order chi connectivity index (χ1) is 12.3. The molecule has 1 amide bonds. The van der Waals surface area contributed by atoms with Crippen LogP contribution < -0.4 is 5.32 Å². The maximum Gasteiger partial charge on any atom is 0.416 e. The predicted octanol–water partition coefficient (Wildman–Crippen LogP) is 4.71. The highest BCUT2D eigenvalue weighted by Crippen LogP contribution is 2.31. The molecule has 0 atom stereocenters. The second-order valence-corrected chi connectivity index (χ2v) is 6.67. The molecule has 1 aromatic carbocycles. The summed E-state index contributed by atoms with van der Waals surface area (Å²) in [6.45, 7) is 1.74. The summed E-state index contributed by atoms with van der Waals surface area (Å²) >= 11 is 1.25. The van der Waals surface area contributed by atoms with E-state index >= 15 is 0 Å². The van der Waals surface area contributed by atoms with Gasteiger partial charge in [0.05, 0.1) is 16.3 Å². The molecule has 134 valence electrons. The van der Waals surface area contributed by atoms with E-state index < -0.39 is 11.7 Å². The van der Waals surface area contributed by atoms with Crippen LogP contribution in [0, 0.1) is 6.92 Å². The molecule has 0 saturated heterocycles. The Labute approximate surface area is 151 Å². The third-order valence-electron chi connectivity index (χ3n) is 3.62. The number of carbonyl (C=O) groups is 1. The van der Waals surface area contributed by atoms with Crippen molar-refractivity contribution in [1.29, 1.82) is 0 Å². The number of benzene rings is 1. The maximum atomic E-state index is 12.8. The van der Waals surface area contributed by atoms with Crippen LogP contribution in [0.3, 0.4) is 0 Å². The van der Waals surface area contributed by atoms with E-state index in [2.05, 4.69) is 15.3 Å². The van der Waals surface area contributed by atoms with Crippen LogP contribution in [-0.2, 0) is 12.6 Å². The van der Waals surface area contributed by atoms with Gasteiger partial charge >= 0.3 is 6.18 Å². The van der Waals surface area contributed by atoms with E-state index in [1.165, 1.54) is 29.8 Å². The summed E-state index contributed by atoms with van der Waals surface area (Å²) in [5, 5.41) is 3.99. The second-order valence-electron chi connectivity index (χ2n) is 5.59. The predicted molar refractivity (Wildman–Crippen MR) is 93.3 cm³/mol. The summed E-state index contributed by atoms with van der Waals surface area (Å²) in [5.74, 6) is -0.287. The van der Waals surface area contributed by atoms with E-state index in [0.29, 0.717) is 26.8 Å². The van der Waals surface area contributed by atoms with Gasteiger partial charge in [0.1, 0.15) is 5.00 Å². The molecule has 1 N–H and O–H groups in total. The number of halogens is 3. The lowest BCUT2D eigenvalue weighted by molar-refractivity contribution is -0.137. The Morgan fingerprint density at radius 2 is 1.92 bits per heavy atom. The number of nitrogens with one attached hydrogen (secondary N) is 1. The topological polar surface area (TPSA) is 54.9 Å². The van der Waals surface area contributed by atoms with Gasteiger partial charge in [-0.1, -0.05) is 18.2 Å². The van der Waals surface area contributed by atoms with Gasteiger partial charge < -0.3 is 5.32 Å². The molecule has 0 aliphatic rings. The molecule has 0 spiro atoms. The standard InChI is InChI=1S/C18H14F3N3OS/c1-11-17(24-16(25)13-5-7-22-8-6-13)26-15(23-11)10-12-3-2-4-14(9-12)18(19,20)21/h2-9H,10H2,1H3,(H,24,25). The van der Waals surface area contributed by atoms with E-state index in [4.69, 9.17) is 0 Å². The van der Waals surface area contributed by atoms with E-state index in [1.54, 1.807) is 25.1 Å². The van der Waals surface area contributed by atoms with Crippen LogP contribution in [0.4, 0.5) is 18.2 Å². The Morgan fingerprint density at radius 3 is 2.62 bits per heavy atom. The highest BCUT2D eigenvalue weighted by molar-refractivity contribution is 7.16. The lowest BCUT2D eigenvalue weighted by Crippen LogP contribution is -2.11.